The van der Waals surface area contributed by atoms with Gasteiger partial charge in [-0.1, -0.05) is 24.3 Å². The molecule has 0 radical (unpaired) electrons. The van der Waals surface area contributed by atoms with Crippen LogP contribution in [0.4, 0.5) is 0 Å². The maximum Gasteiger partial charge on any atom is 2.00 e. The first-order chi connectivity index (χ1) is 26.2. The third-order valence-corrected chi connectivity index (χ3v) is 12.1. The van der Waals surface area contributed by atoms with E-state index in [0.29, 0.717) is 0 Å². The van der Waals surface area contributed by atoms with E-state index >= 15 is 0 Å². The van der Waals surface area contributed by atoms with E-state index in [4.69, 9.17) is 0 Å². The second-order valence-corrected chi connectivity index (χ2v) is 17.6. The predicted molar refractivity (Wildman–Crippen MR) is 189 cm³/mol. The molecule has 5 heterocycles. The molecule has 2 aliphatic heterocycles. The average Bonchev–Trinajstić information content (AvgIpc) is 3.84. The molecule has 0 spiro atoms. The monoisotopic (exact) mass is 994 g/mol. The maximum absolute atomic E-state index is 12.0. The Kier molecular flexibility index (Phi) is 17.0. The quantitative estimate of drug-likeness (QED) is 0.117. The van der Waals surface area contributed by atoms with E-state index < -0.39 is 60.1 Å². The van der Waals surface area contributed by atoms with E-state index in [9.17, 15) is 51.9 Å². The van der Waals surface area contributed by atoms with E-state index in [-0.39, 0.29) is 230 Å². The van der Waals surface area contributed by atoms with Crippen LogP contribution in [0.5, 0.6) is 0 Å². The molecule has 0 atom stereocenters. The van der Waals surface area contributed by atoms with E-state index in [2.05, 4.69) is 39.9 Å². The van der Waals surface area contributed by atoms with Gasteiger partial charge in [0.05, 0.1) is 42.9 Å². The molecule has 0 saturated heterocycles. The summed E-state index contributed by atoms with van der Waals surface area (Å²) in [6.45, 7) is 0. The zero-order valence-electron chi connectivity index (χ0n) is 31.9. The van der Waals surface area contributed by atoms with Crippen LogP contribution < -0.4 is 128 Å². The first kappa shape index (κ1) is 54.7. The van der Waals surface area contributed by atoms with Gasteiger partial charge >= 0.3 is 135 Å². The smallest absolute Gasteiger partial charge is 0.744 e. The van der Waals surface area contributed by atoms with Crippen LogP contribution in [-0.2, 0) is 57.5 Å². The summed E-state index contributed by atoms with van der Waals surface area (Å²) < 4.78 is 145. The molecule has 0 fully saturated rings. The van der Waals surface area contributed by atoms with Gasteiger partial charge in [-0.05, 0) is 70.1 Å². The van der Waals surface area contributed by atoms with Gasteiger partial charge in [0, 0.05) is 44.8 Å². The fourth-order valence-corrected chi connectivity index (χ4v) is 8.19. The van der Waals surface area contributed by atoms with Gasteiger partial charge in [0.25, 0.3) is 0 Å². The van der Waals surface area contributed by atoms with Crippen molar-refractivity contribution >= 4 is 84.6 Å². The fourth-order valence-electron chi connectivity index (χ4n) is 6.20. The summed E-state index contributed by atoms with van der Waals surface area (Å²) in [7, 11) is -20.1. The van der Waals surface area contributed by atoms with Gasteiger partial charge in [0.15, 0.2) is 0 Å². The van der Waals surface area contributed by atoms with Crippen molar-refractivity contribution in [3.05, 3.63) is 72.8 Å². The first-order valence-corrected chi connectivity index (χ1v) is 21.0. The SMILES string of the molecule is O.O=S(=O)([O-])c1ccc2c(c1)-c1nc-2nc2[n-]c(nc3nc(nc4[n-]c(n1)c1ccc(S(=O)(=O)[O-])cc41)-c1ccc(S(=O)(=O)[O-])cc1-3)c1ccc(S(=O)(=O)[O-])cc21.[Fe+2].[Na+].[Na+].[Na+].[Na+]. The standard InChI is InChI=1S/C32H16N8O12S4.Fe.4Na.H2O/c41-53(42,43)13-1-5-17-21(9-13)29-33-25(17)37-30-22-10-14(54(44,45)46)2-6-18(22)27(34-30)39-32-24-12-16(56(50,51)52)4-8-20(24)28(36-32)40-31-23-11-15(55(47,48)49)3-7-19(23)26(35-31)38-29;;;;;;/h1-12H,(H4-2,33,34,35,36,37,38,39,40,41,42,43,44,45,46,47,48,49,50,51,52);;;;;;1H2/q-2;+2;4*+1;/p-4. The number of hydrogen-bond acceptors (Lipinski definition) is 18. The zero-order valence-corrected chi connectivity index (χ0v) is 44.3. The Balaban J connectivity index is 0.00000171. The van der Waals surface area contributed by atoms with Gasteiger partial charge in [0.1, 0.15) is 40.5 Å². The van der Waals surface area contributed by atoms with Crippen LogP contribution in [0.25, 0.3) is 89.7 Å². The van der Waals surface area contributed by atoms with Crippen molar-refractivity contribution in [2.24, 2.45) is 0 Å². The van der Waals surface area contributed by atoms with Crippen LogP contribution in [0.1, 0.15) is 0 Å². The normalized spacial score (nSPS) is 11.9. The van der Waals surface area contributed by atoms with Gasteiger partial charge in [0.2, 0.25) is 0 Å². The summed E-state index contributed by atoms with van der Waals surface area (Å²) in [6, 6.07) is 12.8. The van der Waals surface area contributed by atoms with Crippen LogP contribution in [-0.4, -0.2) is 87.3 Å². The Bertz CT molecular complexity index is 3400. The Morgan fingerprint density at radius 1 is 0.355 bits per heavy atom. The number of benzene rings is 4. The Morgan fingerprint density at radius 2 is 0.613 bits per heavy atom. The molecule has 0 unspecified atom stereocenters. The molecule has 296 valence electrons. The van der Waals surface area contributed by atoms with Crippen LogP contribution in [0.2, 0.25) is 0 Å². The molecule has 4 aromatic carbocycles. The largest absolute Gasteiger partial charge is 2.00 e. The summed E-state index contributed by atoms with van der Waals surface area (Å²) in [5, 5.41) is 0.169. The summed E-state index contributed by atoms with van der Waals surface area (Å²) in [6.07, 6.45) is 0. The van der Waals surface area contributed by atoms with Gasteiger partial charge in [-0.2, -0.15) is 0 Å². The number of hydrogen-bond donors (Lipinski definition) is 0. The topological polar surface area (TPSA) is 366 Å². The van der Waals surface area contributed by atoms with Crippen molar-refractivity contribution in [3.63, 3.8) is 0 Å². The minimum atomic E-state index is -5.02. The number of nitrogens with zero attached hydrogens (tertiary/aromatic N) is 8. The van der Waals surface area contributed by atoms with E-state index in [1.54, 1.807) is 0 Å². The van der Waals surface area contributed by atoms with Crippen molar-refractivity contribution in [2.75, 3.05) is 0 Å². The minimum Gasteiger partial charge on any atom is -0.744 e. The molecule has 2 aliphatic rings. The summed E-state index contributed by atoms with van der Waals surface area (Å²) in [5.74, 6) is -0.882. The summed E-state index contributed by atoms with van der Waals surface area (Å²) in [5.41, 5.74) is -0.712. The van der Waals surface area contributed by atoms with Crippen molar-refractivity contribution in [2.45, 2.75) is 19.6 Å². The molecule has 2 N–H and O–H groups in total. The number of fused-ring (bicyclic) bond motifs is 20. The molecular weight excluding hydrogens is 980 g/mol. The maximum atomic E-state index is 12.0. The summed E-state index contributed by atoms with van der Waals surface area (Å²) >= 11 is 0. The van der Waals surface area contributed by atoms with E-state index in [1.807, 2.05) is 0 Å². The molecule has 3 aromatic heterocycles. The molecule has 0 saturated carbocycles. The van der Waals surface area contributed by atoms with Gasteiger partial charge in [-0.25, -0.2) is 43.6 Å². The molecule has 7 aromatic rings. The minimum absolute atomic E-state index is 0. The van der Waals surface area contributed by atoms with E-state index in [1.165, 1.54) is 24.3 Å². The Morgan fingerprint density at radius 3 is 0.919 bits per heavy atom. The van der Waals surface area contributed by atoms with Gasteiger partial charge in [-0.3, -0.25) is 0 Å². The van der Waals surface area contributed by atoms with Crippen LogP contribution in [0, 0.1) is 0 Å². The van der Waals surface area contributed by atoms with Gasteiger partial charge in [-0.15, -0.1) is 0 Å². The van der Waals surface area contributed by atoms with Crippen LogP contribution in [0.15, 0.2) is 92.4 Å². The number of aromatic nitrogens is 8. The Hall–Kier alpha value is -1.64. The van der Waals surface area contributed by atoms with Crippen molar-refractivity contribution < 1.29 is 193 Å². The zero-order chi connectivity index (χ0) is 39.7. The van der Waals surface area contributed by atoms with E-state index in [0.717, 1.165) is 48.5 Å². The third-order valence-electron chi connectivity index (χ3n) is 8.74. The predicted octanol–water partition coefficient (Wildman–Crippen LogP) is -11.1. The Labute approximate surface area is 448 Å². The van der Waals surface area contributed by atoms with Gasteiger partial charge < -0.3 is 53.6 Å². The fraction of sp³-hybridized carbons (Fsp3) is 0. The van der Waals surface area contributed by atoms with Crippen molar-refractivity contribution in [3.8, 4) is 45.6 Å². The second-order valence-electron chi connectivity index (χ2n) is 12.1. The molecule has 0 amide bonds. The first-order valence-electron chi connectivity index (χ1n) is 15.3. The molecule has 9 rings (SSSR count). The second kappa shape index (κ2) is 19.3. The summed E-state index contributed by atoms with van der Waals surface area (Å²) in [4.78, 5) is 33.2. The molecule has 0 aliphatic carbocycles. The molecule has 30 heteroatoms. The third kappa shape index (κ3) is 10.0. The molecule has 62 heavy (non-hydrogen) atoms. The number of rotatable bonds is 4. The molecule has 21 nitrogen and oxygen atoms in total. The van der Waals surface area contributed by atoms with Crippen molar-refractivity contribution in [1.82, 2.24) is 39.9 Å². The van der Waals surface area contributed by atoms with Crippen molar-refractivity contribution in [1.29, 1.82) is 0 Å². The van der Waals surface area contributed by atoms with Crippen LogP contribution >= 0.6 is 0 Å². The van der Waals surface area contributed by atoms with Crippen LogP contribution in [0.3, 0.4) is 0 Å². The average molecular weight is 995 g/mol. The molecule has 8 bridgehead atoms. The molecular formula is C32H14FeN8Na4O13S4.